The van der Waals surface area contributed by atoms with Gasteiger partial charge in [-0.15, -0.1) is 0 Å². The second-order valence-corrected chi connectivity index (χ2v) is 13.8. The van der Waals surface area contributed by atoms with E-state index in [9.17, 15) is 0 Å². The fourth-order valence-electron chi connectivity index (χ4n) is 1.93. The van der Waals surface area contributed by atoms with Gasteiger partial charge in [0.2, 0.25) is 0 Å². The van der Waals surface area contributed by atoms with E-state index in [0.717, 1.165) is 35.6 Å². The molecule has 0 saturated carbocycles. The Bertz CT molecular complexity index is 215. The van der Waals surface area contributed by atoms with E-state index in [1.54, 1.807) is 14.2 Å². The number of hydrogen-bond acceptors (Lipinski definition) is 3. The average molecular weight is 436 g/mol. The zero-order chi connectivity index (χ0) is 14.8. The average Bonchev–Trinajstić information content (AvgIpc) is 2.39. The van der Waals surface area contributed by atoms with Gasteiger partial charge in [0.05, 0.1) is 0 Å². The summed E-state index contributed by atoms with van der Waals surface area (Å²) in [5.74, 6) is 0. The summed E-state index contributed by atoms with van der Waals surface area (Å²) in [7, 11) is -0.584. The van der Waals surface area contributed by atoms with Gasteiger partial charge in [-0.05, 0) is 38.0 Å². The van der Waals surface area contributed by atoms with Crippen molar-refractivity contribution in [1.82, 2.24) is 0 Å². The molecule has 2 unspecified atom stereocenters. The molecule has 2 atom stereocenters. The Hall–Kier alpha value is 1.27. The molecule has 0 fully saturated rings. The van der Waals surface area contributed by atoms with Crippen LogP contribution in [0.25, 0.3) is 0 Å². The van der Waals surface area contributed by atoms with Crippen LogP contribution in [0.15, 0.2) is 0 Å². The maximum atomic E-state index is 6.42. The van der Waals surface area contributed by atoms with Crippen LogP contribution >= 0.6 is 31.9 Å². The van der Waals surface area contributed by atoms with Crippen LogP contribution in [0.1, 0.15) is 25.7 Å². The molecule has 0 heterocycles. The first kappa shape index (κ1) is 20.3. The highest BCUT2D eigenvalue weighted by Crippen LogP contribution is 2.26. The second-order valence-electron chi connectivity index (χ2n) is 5.07. The first-order valence-electron chi connectivity index (χ1n) is 6.87. The van der Waals surface area contributed by atoms with Crippen LogP contribution in [0.2, 0.25) is 25.2 Å². The number of halogens is 2. The maximum absolute atomic E-state index is 6.42. The van der Waals surface area contributed by atoms with Crippen molar-refractivity contribution in [1.29, 1.82) is 0 Å². The van der Waals surface area contributed by atoms with Gasteiger partial charge < -0.3 is 13.0 Å². The smallest absolute Gasteiger partial charge is 0.325 e. The Labute approximate surface area is 137 Å². The third-order valence-corrected chi connectivity index (χ3v) is 12.2. The van der Waals surface area contributed by atoms with Gasteiger partial charge in [0.15, 0.2) is 0 Å². The summed E-state index contributed by atoms with van der Waals surface area (Å²) in [6, 6.07) is 2.08. The molecule has 0 aliphatic carbocycles. The number of hydrogen-bond donors (Lipinski definition) is 0. The molecule has 0 aliphatic heterocycles. The first-order valence-corrected chi connectivity index (χ1v) is 14.2. The lowest BCUT2D eigenvalue weighted by atomic mass is 10.4. The van der Waals surface area contributed by atoms with Crippen molar-refractivity contribution in [3.63, 3.8) is 0 Å². The second kappa shape index (κ2) is 10.9. The molecule has 0 bridgehead atoms. The van der Waals surface area contributed by atoms with Crippen molar-refractivity contribution in [3.8, 4) is 0 Å². The van der Waals surface area contributed by atoms with Crippen LogP contribution < -0.4 is 0 Å². The SMILES string of the molecule is CO[Si](C)(CCCCBr)O[Si](C)(CCCCBr)OC. The Morgan fingerprint density at radius 3 is 1.37 bits per heavy atom. The predicted octanol–water partition coefficient (Wildman–Crippen LogP) is 4.79. The molecule has 0 N–H and O–H groups in total. The van der Waals surface area contributed by atoms with Gasteiger partial charge >= 0.3 is 17.1 Å². The van der Waals surface area contributed by atoms with Crippen LogP contribution in [-0.4, -0.2) is 42.0 Å². The molecular weight excluding hydrogens is 408 g/mol. The van der Waals surface area contributed by atoms with Crippen LogP contribution in [0.4, 0.5) is 0 Å². The summed E-state index contributed by atoms with van der Waals surface area (Å²) in [4.78, 5) is 0. The fourth-order valence-corrected chi connectivity index (χ4v) is 10.0. The van der Waals surface area contributed by atoms with Gasteiger partial charge in [0.1, 0.15) is 0 Å². The van der Waals surface area contributed by atoms with Crippen molar-refractivity contribution >= 4 is 49.0 Å². The number of unbranched alkanes of at least 4 members (excludes halogenated alkanes) is 2. The summed E-state index contributed by atoms with van der Waals surface area (Å²) < 4.78 is 17.9. The largest absolute Gasteiger partial charge is 0.415 e. The Kier molecular flexibility index (Phi) is 11.7. The first-order chi connectivity index (χ1) is 8.95. The molecule has 0 saturated heterocycles. The molecule has 0 aliphatic rings. The topological polar surface area (TPSA) is 27.7 Å². The zero-order valence-electron chi connectivity index (χ0n) is 12.6. The molecule has 0 aromatic heterocycles. The third kappa shape index (κ3) is 9.00. The molecule has 7 heteroatoms. The zero-order valence-corrected chi connectivity index (χ0v) is 17.8. The van der Waals surface area contributed by atoms with E-state index >= 15 is 0 Å². The lowest BCUT2D eigenvalue weighted by molar-refractivity contribution is 0.238. The van der Waals surface area contributed by atoms with Gasteiger partial charge in [-0.2, -0.15) is 0 Å². The van der Waals surface area contributed by atoms with Gasteiger partial charge in [0, 0.05) is 24.9 Å². The maximum Gasteiger partial charge on any atom is 0.325 e. The summed E-state index contributed by atoms with van der Waals surface area (Å²) >= 11 is 6.94. The Morgan fingerprint density at radius 1 is 0.737 bits per heavy atom. The van der Waals surface area contributed by atoms with Crippen molar-refractivity contribution in [3.05, 3.63) is 0 Å². The minimum Gasteiger partial charge on any atom is -0.415 e. The molecule has 0 radical (unpaired) electrons. The summed E-state index contributed by atoms with van der Waals surface area (Å²) in [5, 5.41) is 2.09. The van der Waals surface area contributed by atoms with Crippen molar-refractivity contribution in [2.75, 3.05) is 24.9 Å². The van der Waals surface area contributed by atoms with E-state index in [1.165, 1.54) is 12.8 Å². The van der Waals surface area contributed by atoms with E-state index in [1.807, 2.05) is 0 Å². The summed E-state index contributed by atoms with van der Waals surface area (Å²) in [5.41, 5.74) is 0. The normalized spacial score (nSPS) is 18.0. The lowest BCUT2D eigenvalue weighted by Gasteiger charge is -2.35. The van der Waals surface area contributed by atoms with E-state index in [-0.39, 0.29) is 0 Å². The highest BCUT2D eigenvalue weighted by Gasteiger charge is 2.41. The van der Waals surface area contributed by atoms with Crippen LogP contribution in [-0.2, 0) is 13.0 Å². The highest BCUT2D eigenvalue weighted by atomic mass is 79.9. The number of rotatable bonds is 12. The van der Waals surface area contributed by atoms with Crippen LogP contribution in [0.3, 0.4) is 0 Å². The monoisotopic (exact) mass is 434 g/mol. The quantitative estimate of drug-likeness (QED) is 0.250. The van der Waals surface area contributed by atoms with E-state index < -0.39 is 17.1 Å². The number of alkyl halides is 2. The van der Waals surface area contributed by atoms with Gasteiger partial charge in [0.25, 0.3) is 0 Å². The fraction of sp³-hybridized carbons (Fsp3) is 1.00. The van der Waals surface area contributed by atoms with Crippen LogP contribution in [0.5, 0.6) is 0 Å². The van der Waals surface area contributed by atoms with E-state index in [2.05, 4.69) is 45.0 Å². The van der Waals surface area contributed by atoms with E-state index in [0.29, 0.717) is 0 Å². The van der Waals surface area contributed by atoms with Crippen LogP contribution in [0, 0.1) is 0 Å². The van der Waals surface area contributed by atoms with Gasteiger partial charge in [-0.1, -0.05) is 44.7 Å². The molecule has 0 aromatic carbocycles. The minimum atomic E-state index is -2.07. The van der Waals surface area contributed by atoms with Crippen molar-refractivity contribution in [2.24, 2.45) is 0 Å². The molecule has 0 aromatic rings. The Balaban J connectivity index is 4.42. The minimum absolute atomic E-state index is 1.04. The highest BCUT2D eigenvalue weighted by molar-refractivity contribution is 9.09. The summed E-state index contributed by atoms with van der Waals surface area (Å²) in [6.07, 6.45) is 4.64. The molecule has 3 nitrogen and oxygen atoms in total. The van der Waals surface area contributed by atoms with Gasteiger partial charge in [-0.25, -0.2) is 0 Å². The molecule has 0 spiro atoms. The molecular formula is C12H28Br2O3Si2. The lowest BCUT2D eigenvalue weighted by Crippen LogP contribution is -2.51. The molecule has 0 amide bonds. The summed E-state index contributed by atoms with van der Waals surface area (Å²) in [6.45, 7) is 4.33. The predicted molar refractivity (Wildman–Crippen MR) is 94.0 cm³/mol. The van der Waals surface area contributed by atoms with Crippen molar-refractivity contribution < 1.29 is 13.0 Å². The third-order valence-electron chi connectivity index (χ3n) is 3.32. The standard InChI is InChI=1S/C12H28Br2O3Si2/c1-15-18(3,11-7-5-9-13)17-19(4,16-2)12-8-6-10-14/h5-12H2,1-4H3. The van der Waals surface area contributed by atoms with Gasteiger partial charge in [-0.3, -0.25) is 0 Å². The Morgan fingerprint density at radius 2 is 1.11 bits per heavy atom. The van der Waals surface area contributed by atoms with E-state index in [4.69, 9.17) is 13.0 Å². The molecule has 116 valence electrons. The molecule has 0 rings (SSSR count). The van der Waals surface area contributed by atoms with Crippen molar-refractivity contribution in [2.45, 2.75) is 50.9 Å². The molecule has 19 heavy (non-hydrogen) atoms.